The Hall–Kier alpha value is -3.98. The van der Waals surface area contributed by atoms with Crippen molar-refractivity contribution < 1.29 is 18.0 Å². The van der Waals surface area contributed by atoms with Crippen LogP contribution in [0.3, 0.4) is 0 Å². The molecule has 3 aromatic rings. The van der Waals surface area contributed by atoms with Crippen LogP contribution in [-0.2, 0) is 14.8 Å². The highest BCUT2D eigenvalue weighted by atomic mass is 32.2. The molecule has 3 aromatic carbocycles. The van der Waals surface area contributed by atoms with Crippen LogP contribution in [0.2, 0.25) is 0 Å². The minimum absolute atomic E-state index is 0.238. The van der Waals surface area contributed by atoms with Crippen LogP contribution >= 0.6 is 0 Å². The summed E-state index contributed by atoms with van der Waals surface area (Å²) in [6.07, 6.45) is 1.06. The molecule has 0 fully saturated rings. The van der Waals surface area contributed by atoms with Crippen molar-refractivity contribution in [3.05, 3.63) is 95.6 Å². The number of amides is 2. The second-order valence-corrected chi connectivity index (χ2v) is 10.6. The molecule has 0 bridgehead atoms. The highest BCUT2D eigenvalue weighted by molar-refractivity contribution is 7.92. The molecular weight excluding hydrogens is 476 g/mol. The van der Waals surface area contributed by atoms with Crippen LogP contribution in [0.15, 0.2) is 84.0 Å². The zero-order chi connectivity index (χ0) is 26.3. The van der Waals surface area contributed by atoms with Gasteiger partial charge in [0.15, 0.2) is 0 Å². The molecule has 0 heterocycles. The van der Waals surface area contributed by atoms with Gasteiger partial charge in [-0.25, -0.2) is 13.8 Å². The summed E-state index contributed by atoms with van der Waals surface area (Å²) in [6, 6.07) is 23.0. The predicted molar refractivity (Wildman–Crippen MR) is 144 cm³/mol. The van der Waals surface area contributed by atoms with E-state index in [1.54, 1.807) is 67.6 Å². The number of benzene rings is 3. The Morgan fingerprint density at radius 1 is 0.917 bits per heavy atom. The van der Waals surface area contributed by atoms with Crippen LogP contribution in [0.1, 0.15) is 48.2 Å². The molecule has 0 aliphatic rings. The number of hydrazone groups is 1. The van der Waals surface area contributed by atoms with Gasteiger partial charge in [0.05, 0.1) is 17.7 Å². The lowest BCUT2D eigenvalue weighted by atomic mass is 10.0. The second-order valence-electron chi connectivity index (χ2n) is 8.65. The van der Waals surface area contributed by atoms with E-state index in [4.69, 9.17) is 0 Å². The number of rotatable bonds is 9. The number of sulfonamides is 1. The molecule has 2 N–H and O–H groups in total. The molecular formula is C27H30N4O4S. The van der Waals surface area contributed by atoms with E-state index in [1.165, 1.54) is 0 Å². The third-order valence-electron chi connectivity index (χ3n) is 5.46. The van der Waals surface area contributed by atoms with Gasteiger partial charge in [-0.3, -0.25) is 13.9 Å². The Morgan fingerprint density at radius 2 is 1.56 bits per heavy atom. The van der Waals surface area contributed by atoms with E-state index in [-0.39, 0.29) is 5.91 Å². The van der Waals surface area contributed by atoms with Crippen LogP contribution < -0.4 is 15.0 Å². The fourth-order valence-electron chi connectivity index (χ4n) is 3.42. The van der Waals surface area contributed by atoms with Crippen molar-refractivity contribution in [2.75, 3.05) is 22.4 Å². The molecule has 188 valence electrons. The molecule has 0 aromatic heterocycles. The normalized spacial score (nSPS) is 11.8. The van der Waals surface area contributed by atoms with Gasteiger partial charge in [0.2, 0.25) is 10.0 Å². The first-order valence-electron chi connectivity index (χ1n) is 11.4. The Bertz CT molecular complexity index is 1350. The molecule has 2 amide bonds. The monoisotopic (exact) mass is 506 g/mol. The molecule has 8 nitrogen and oxygen atoms in total. The number of carbonyl (C=O) groups excluding carboxylic acids is 2. The van der Waals surface area contributed by atoms with Gasteiger partial charge in [-0.15, -0.1) is 0 Å². The molecule has 0 aliphatic heterocycles. The van der Waals surface area contributed by atoms with Gasteiger partial charge in [0.25, 0.3) is 11.8 Å². The van der Waals surface area contributed by atoms with Gasteiger partial charge >= 0.3 is 0 Å². The van der Waals surface area contributed by atoms with E-state index in [2.05, 4.69) is 15.8 Å². The van der Waals surface area contributed by atoms with Crippen LogP contribution in [0.4, 0.5) is 11.4 Å². The van der Waals surface area contributed by atoms with Gasteiger partial charge in [-0.05, 0) is 60.4 Å². The van der Waals surface area contributed by atoms with E-state index in [0.717, 1.165) is 16.1 Å². The highest BCUT2D eigenvalue weighted by Crippen LogP contribution is 2.22. The van der Waals surface area contributed by atoms with Gasteiger partial charge in [0, 0.05) is 11.3 Å². The zero-order valence-corrected chi connectivity index (χ0v) is 21.5. The maximum Gasteiger partial charge on any atom is 0.260 e. The Labute approximate surface area is 212 Å². The first kappa shape index (κ1) is 26.6. The maximum atomic E-state index is 12.6. The third kappa shape index (κ3) is 7.26. The first-order chi connectivity index (χ1) is 17.0. The molecule has 0 spiro atoms. The lowest BCUT2D eigenvalue weighted by Crippen LogP contribution is -2.39. The lowest BCUT2D eigenvalue weighted by molar-refractivity contribution is -0.119. The Balaban J connectivity index is 1.68. The predicted octanol–water partition coefficient (Wildman–Crippen LogP) is 4.37. The van der Waals surface area contributed by atoms with Gasteiger partial charge in [-0.2, -0.15) is 5.10 Å². The van der Waals surface area contributed by atoms with E-state index >= 15 is 0 Å². The van der Waals surface area contributed by atoms with Gasteiger partial charge in [-0.1, -0.05) is 56.3 Å². The maximum absolute atomic E-state index is 12.6. The van der Waals surface area contributed by atoms with Crippen LogP contribution in [0.5, 0.6) is 0 Å². The summed E-state index contributed by atoms with van der Waals surface area (Å²) in [6.45, 7) is 5.38. The molecule has 0 aliphatic carbocycles. The summed E-state index contributed by atoms with van der Waals surface area (Å²) < 4.78 is 25.7. The third-order valence-corrected chi connectivity index (χ3v) is 6.60. The average Bonchev–Trinajstić information content (AvgIpc) is 2.86. The van der Waals surface area contributed by atoms with Crippen molar-refractivity contribution in [3.8, 4) is 0 Å². The van der Waals surface area contributed by atoms with E-state index in [0.29, 0.717) is 34.1 Å². The largest absolute Gasteiger partial charge is 0.322 e. The van der Waals surface area contributed by atoms with Crippen molar-refractivity contribution in [2.45, 2.75) is 26.7 Å². The zero-order valence-electron chi connectivity index (χ0n) is 20.7. The lowest BCUT2D eigenvalue weighted by Gasteiger charge is -2.22. The molecule has 0 atom stereocenters. The van der Waals surface area contributed by atoms with Crippen LogP contribution in [0.25, 0.3) is 0 Å². The van der Waals surface area contributed by atoms with E-state index in [1.807, 2.05) is 32.0 Å². The SMILES string of the molecule is C/C(=N/NC(=O)CN(c1ccc(C(C)C)cc1)S(C)(=O)=O)c1cccc(NC(=O)c2ccccc2)c1. The fourth-order valence-corrected chi connectivity index (χ4v) is 4.27. The Kier molecular flexibility index (Phi) is 8.60. The minimum Gasteiger partial charge on any atom is -0.322 e. The van der Waals surface area contributed by atoms with Crippen LogP contribution in [-0.4, -0.2) is 38.7 Å². The van der Waals surface area contributed by atoms with Crippen molar-refractivity contribution in [1.29, 1.82) is 0 Å². The van der Waals surface area contributed by atoms with Crippen LogP contribution in [0, 0.1) is 0 Å². The number of nitrogens with one attached hydrogen (secondary N) is 2. The number of hydrogen-bond acceptors (Lipinski definition) is 5. The van der Waals surface area contributed by atoms with Gasteiger partial charge in [0.1, 0.15) is 6.54 Å². The summed E-state index contributed by atoms with van der Waals surface area (Å²) in [7, 11) is -3.69. The molecule has 0 unspecified atom stereocenters. The standard InChI is InChI=1S/C27H30N4O4S/c1-19(2)21-13-15-25(16-14-21)31(36(4,34)35)18-26(32)30-29-20(3)23-11-8-12-24(17-23)28-27(33)22-9-6-5-7-10-22/h5-17,19H,18H2,1-4H3,(H,28,33)(H,30,32)/b29-20-. The van der Waals surface area contributed by atoms with E-state index < -0.39 is 22.5 Å². The summed E-state index contributed by atoms with van der Waals surface area (Å²) >= 11 is 0. The highest BCUT2D eigenvalue weighted by Gasteiger charge is 2.21. The van der Waals surface area contributed by atoms with Gasteiger partial charge < -0.3 is 5.32 Å². The number of hydrogen-bond donors (Lipinski definition) is 2. The summed E-state index contributed by atoms with van der Waals surface area (Å²) in [5.74, 6) is -0.518. The fraction of sp³-hybridized carbons (Fsp3) is 0.222. The smallest absolute Gasteiger partial charge is 0.260 e. The average molecular weight is 507 g/mol. The van der Waals surface area contributed by atoms with Crippen molar-refractivity contribution in [2.24, 2.45) is 5.10 Å². The summed E-state index contributed by atoms with van der Waals surface area (Å²) in [5, 5.41) is 6.96. The number of anilines is 2. The topological polar surface area (TPSA) is 108 Å². The van der Waals surface area contributed by atoms with Crippen molar-refractivity contribution in [1.82, 2.24) is 5.43 Å². The minimum atomic E-state index is -3.69. The quantitative estimate of drug-likeness (QED) is 0.332. The summed E-state index contributed by atoms with van der Waals surface area (Å²) in [5.41, 5.74) is 6.19. The molecule has 36 heavy (non-hydrogen) atoms. The Morgan fingerprint density at radius 3 is 2.17 bits per heavy atom. The first-order valence-corrected chi connectivity index (χ1v) is 13.3. The van der Waals surface area contributed by atoms with E-state index in [9.17, 15) is 18.0 Å². The second kappa shape index (κ2) is 11.6. The molecule has 0 saturated carbocycles. The molecule has 9 heteroatoms. The number of carbonyl (C=O) groups is 2. The molecule has 3 rings (SSSR count). The van der Waals surface area contributed by atoms with Crippen molar-refractivity contribution in [3.63, 3.8) is 0 Å². The summed E-state index contributed by atoms with van der Waals surface area (Å²) in [4.78, 5) is 25.0. The molecule has 0 radical (unpaired) electrons. The van der Waals surface area contributed by atoms with Crippen molar-refractivity contribution >= 4 is 38.9 Å². The molecule has 0 saturated heterocycles. The number of nitrogens with zero attached hydrogens (tertiary/aromatic N) is 2.